The van der Waals surface area contributed by atoms with Crippen LogP contribution in [0.3, 0.4) is 0 Å². The van der Waals surface area contributed by atoms with Crippen molar-refractivity contribution in [2.24, 2.45) is 5.73 Å². The monoisotopic (exact) mass is 278 g/mol. The molecule has 1 unspecified atom stereocenters. The third-order valence-electron chi connectivity index (χ3n) is 3.13. The van der Waals surface area contributed by atoms with E-state index in [2.05, 4.69) is 18.1 Å². The highest BCUT2D eigenvalue weighted by Gasteiger charge is 2.17. The summed E-state index contributed by atoms with van der Waals surface area (Å²) in [5.41, 5.74) is 6.55. The fourth-order valence-corrected chi connectivity index (χ4v) is 2.14. The Hall–Kier alpha value is -1.65. The molecular formula is C16H23FN2O. The van der Waals surface area contributed by atoms with Crippen LogP contribution in [0.25, 0.3) is 0 Å². The van der Waals surface area contributed by atoms with Crippen molar-refractivity contribution in [3.8, 4) is 5.75 Å². The molecule has 1 atom stereocenters. The molecule has 0 heterocycles. The predicted octanol–water partition coefficient (Wildman–Crippen LogP) is 2.90. The van der Waals surface area contributed by atoms with Crippen LogP contribution in [0.5, 0.6) is 5.75 Å². The van der Waals surface area contributed by atoms with Crippen molar-refractivity contribution in [1.82, 2.24) is 4.90 Å². The van der Waals surface area contributed by atoms with Gasteiger partial charge in [-0.05, 0) is 18.6 Å². The zero-order chi connectivity index (χ0) is 15.0. The molecule has 0 aliphatic heterocycles. The standard InChI is InChI=1S/C16H23FN2O/c1-4-10-19(11-5-2)12-9-14(18)16-13(17)7-6-8-15(16)20-3/h4-8,14H,1-2,9-12,18H2,3H3. The van der Waals surface area contributed by atoms with Gasteiger partial charge in [0, 0.05) is 31.2 Å². The number of hydrogen-bond donors (Lipinski definition) is 1. The number of nitrogens with zero attached hydrogens (tertiary/aromatic N) is 1. The van der Waals surface area contributed by atoms with Crippen LogP contribution in [0.1, 0.15) is 18.0 Å². The first-order valence-electron chi connectivity index (χ1n) is 6.66. The molecule has 0 fully saturated rings. The number of hydrogen-bond acceptors (Lipinski definition) is 3. The minimum Gasteiger partial charge on any atom is -0.496 e. The first-order chi connectivity index (χ1) is 9.63. The maximum Gasteiger partial charge on any atom is 0.131 e. The topological polar surface area (TPSA) is 38.5 Å². The van der Waals surface area contributed by atoms with Crippen LogP contribution >= 0.6 is 0 Å². The van der Waals surface area contributed by atoms with Gasteiger partial charge in [-0.15, -0.1) is 13.2 Å². The van der Waals surface area contributed by atoms with Gasteiger partial charge in [-0.25, -0.2) is 4.39 Å². The predicted molar refractivity (Wildman–Crippen MR) is 81.3 cm³/mol. The second-order valence-corrected chi connectivity index (χ2v) is 4.59. The minimum atomic E-state index is -0.400. The molecule has 1 aromatic rings. The Kier molecular flexibility index (Phi) is 6.98. The van der Waals surface area contributed by atoms with Gasteiger partial charge in [-0.3, -0.25) is 4.90 Å². The lowest BCUT2D eigenvalue weighted by atomic mass is 10.0. The summed E-state index contributed by atoms with van der Waals surface area (Å²) in [5.74, 6) is 0.173. The highest BCUT2D eigenvalue weighted by molar-refractivity contribution is 5.37. The molecule has 0 aliphatic rings. The average Bonchev–Trinajstić information content (AvgIpc) is 2.44. The number of halogens is 1. The highest BCUT2D eigenvalue weighted by atomic mass is 19.1. The summed E-state index contributed by atoms with van der Waals surface area (Å²) in [4.78, 5) is 2.15. The van der Waals surface area contributed by atoms with E-state index < -0.39 is 6.04 Å². The van der Waals surface area contributed by atoms with Crippen LogP contribution in [-0.4, -0.2) is 31.6 Å². The van der Waals surface area contributed by atoms with Crippen molar-refractivity contribution in [3.05, 3.63) is 54.9 Å². The molecular weight excluding hydrogens is 255 g/mol. The van der Waals surface area contributed by atoms with Crippen LogP contribution in [-0.2, 0) is 0 Å². The van der Waals surface area contributed by atoms with E-state index >= 15 is 0 Å². The normalized spacial score (nSPS) is 12.2. The number of methoxy groups -OCH3 is 1. The zero-order valence-electron chi connectivity index (χ0n) is 12.0. The molecule has 20 heavy (non-hydrogen) atoms. The molecule has 0 saturated carbocycles. The largest absolute Gasteiger partial charge is 0.496 e. The van der Waals surface area contributed by atoms with Crippen molar-refractivity contribution in [2.45, 2.75) is 12.5 Å². The zero-order valence-corrected chi connectivity index (χ0v) is 12.0. The highest BCUT2D eigenvalue weighted by Crippen LogP contribution is 2.28. The molecule has 0 amide bonds. The first-order valence-corrected chi connectivity index (χ1v) is 6.66. The summed E-state index contributed by atoms with van der Waals surface area (Å²) in [6, 6.07) is 4.35. The lowest BCUT2D eigenvalue weighted by molar-refractivity contribution is 0.315. The summed E-state index contributed by atoms with van der Waals surface area (Å²) in [5, 5.41) is 0. The lowest BCUT2D eigenvalue weighted by Gasteiger charge is -2.22. The minimum absolute atomic E-state index is 0.323. The van der Waals surface area contributed by atoms with Crippen molar-refractivity contribution in [2.75, 3.05) is 26.7 Å². The van der Waals surface area contributed by atoms with Gasteiger partial charge >= 0.3 is 0 Å². The van der Waals surface area contributed by atoms with Gasteiger partial charge in [-0.1, -0.05) is 18.2 Å². The maximum atomic E-state index is 13.9. The van der Waals surface area contributed by atoms with Gasteiger partial charge in [0.25, 0.3) is 0 Å². The van der Waals surface area contributed by atoms with E-state index in [0.29, 0.717) is 17.7 Å². The molecule has 0 aliphatic carbocycles. The third-order valence-corrected chi connectivity index (χ3v) is 3.13. The molecule has 0 bridgehead atoms. The second kappa shape index (κ2) is 8.51. The summed E-state index contributed by atoms with van der Waals surface area (Å²) in [6.07, 6.45) is 4.30. The summed E-state index contributed by atoms with van der Waals surface area (Å²) in [7, 11) is 1.52. The maximum absolute atomic E-state index is 13.9. The molecule has 0 saturated heterocycles. The summed E-state index contributed by atoms with van der Waals surface area (Å²) >= 11 is 0. The second-order valence-electron chi connectivity index (χ2n) is 4.59. The quantitative estimate of drug-likeness (QED) is 0.706. The van der Waals surface area contributed by atoms with Gasteiger partial charge in [0.1, 0.15) is 11.6 Å². The van der Waals surface area contributed by atoms with Crippen LogP contribution in [0.15, 0.2) is 43.5 Å². The van der Waals surface area contributed by atoms with Gasteiger partial charge in [0.15, 0.2) is 0 Å². The Balaban J connectivity index is 2.73. The fraction of sp³-hybridized carbons (Fsp3) is 0.375. The number of benzene rings is 1. The number of nitrogens with two attached hydrogens (primary N) is 1. The first kappa shape index (κ1) is 16.4. The van der Waals surface area contributed by atoms with E-state index in [1.165, 1.54) is 13.2 Å². The Bertz CT molecular complexity index is 438. The summed E-state index contributed by atoms with van der Waals surface area (Å²) in [6.45, 7) is 9.71. The van der Waals surface area contributed by atoms with Crippen molar-refractivity contribution >= 4 is 0 Å². The molecule has 110 valence electrons. The van der Waals surface area contributed by atoms with Crippen LogP contribution in [0.4, 0.5) is 4.39 Å². The molecule has 0 spiro atoms. The molecule has 1 aromatic carbocycles. The molecule has 0 radical (unpaired) electrons. The molecule has 3 nitrogen and oxygen atoms in total. The molecule has 4 heteroatoms. The van der Waals surface area contributed by atoms with Gasteiger partial charge < -0.3 is 10.5 Å². The van der Waals surface area contributed by atoms with Crippen LogP contribution in [0.2, 0.25) is 0 Å². The van der Waals surface area contributed by atoms with E-state index in [1.807, 2.05) is 12.2 Å². The van der Waals surface area contributed by atoms with Crippen molar-refractivity contribution in [1.29, 1.82) is 0 Å². The molecule has 2 N–H and O–H groups in total. The van der Waals surface area contributed by atoms with Crippen LogP contribution < -0.4 is 10.5 Å². The van der Waals surface area contributed by atoms with E-state index in [9.17, 15) is 4.39 Å². The lowest BCUT2D eigenvalue weighted by Crippen LogP contribution is -2.28. The average molecular weight is 278 g/mol. The van der Waals surface area contributed by atoms with Gasteiger partial charge in [0.05, 0.1) is 7.11 Å². The van der Waals surface area contributed by atoms with E-state index in [-0.39, 0.29) is 5.82 Å². The Morgan fingerprint density at radius 1 is 1.35 bits per heavy atom. The Labute approximate surface area is 120 Å². The number of rotatable bonds is 9. The van der Waals surface area contributed by atoms with E-state index in [0.717, 1.165) is 19.6 Å². The van der Waals surface area contributed by atoms with E-state index in [4.69, 9.17) is 10.5 Å². The summed E-state index contributed by atoms with van der Waals surface area (Å²) < 4.78 is 19.1. The van der Waals surface area contributed by atoms with Crippen molar-refractivity contribution in [3.63, 3.8) is 0 Å². The van der Waals surface area contributed by atoms with Crippen molar-refractivity contribution < 1.29 is 9.13 Å². The fourth-order valence-electron chi connectivity index (χ4n) is 2.14. The smallest absolute Gasteiger partial charge is 0.131 e. The van der Waals surface area contributed by atoms with Crippen LogP contribution in [0, 0.1) is 5.82 Å². The molecule has 0 aromatic heterocycles. The van der Waals surface area contributed by atoms with Gasteiger partial charge in [0.2, 0.25) is 0 Å². The van der Waals surface area contributed by atoms with E-state index in [1.54, 1.807) is 12.1 Å². The third kappa shape index (κ3) is 4.47. The Morgan fingerprint density at radius 2 is 2.00 bits per heavy atom. The number of ether oxygens (including phenoxy) is 1. The Morgan fingerprint density at radius 3 is 2.55 bits per heavy atom. The molecule has 1 rings (SSSR count). The van der Waals surface area contributed by atoms with Gasteiger partial charge in [-0.2, -0.15) is 0 Å². The SMILES string of the molecule is C=CCN(CC=C)CCC(N)c1c(F)cccc1OC.